The minimum absolute atomic E-state index is 0.00989. The monoisotopic (exact) mass is 295 g/mol. The van der Waals surface area contributed by atoms with Crippen molar-refractivity contribution in [3.63, 3.8) is 0 Å². The van der Waals surface area contributed by atoms with E-state index in [-0.39, 0.29) is 23.6 Å². The maximum absolute atomic E-state index is 14.0. The quantitative estimate of drug-likeness (QED) is 0.907. The number of carbonyl (C=O) groups excluding carboxylic acids is 1. The number of methoxy groups -OCH3 is 2. The van der Waals surface area contributed by atoms with Crippen LogP contribution in [0.1, 0.15) is 31.7 Å². The van der Waals surface area contributed by atoms with Crippen LogP contribution in [0.3, 0.4) is 0 Å². The first-order chi connectivity index (χ1) is 10.0. The average molecular weight is 295 g/mol. The molecule has 1 aromatic carbocycles. The third-order valence-electron chi connectivity index (χ3n) is 4.30. The highest BCUT2D eigenvalue weighted by Crippen LogP contribution is 2.29. The summed E-state index contributed by atoms with van der Waals surface area (Å²) < 4.78 is 24.7. The topological polar surface area (TPSA) is 47.6 Å². The number of benzene rings is 1. The van der Waals surface area contributed by atoms with Crippen molar-refractivity contribution in [3.05, 3.63) is 35.6 Å². The minimum Gasteiger partial charge on any atom is -0.379 e. The minimum atomic E-state index is -1.35. The Kier molecular flexibility index (Phi) is 4.96. The molecule has 0 aromatic heterocycles. The van der Waals surface area contributed by atoms with Gasteiger partial charge in [0.25, 0.3) is 5.91 Å². The maximum Gasteiger partial charge on any atom is 0.257 e. The highest BCUT2D eigenvalue weighted by Gasteiger charge is 2.40. The largest absolute Gasteiger partial charge is 0.379 e. The molecular formula is C16H22FNO3. The molecule has 4 nitrogen and oxygen atoms in total. The van der Waals surface area contributed by atoms with E-state index in [1.54, 1.807) is 32.2 Å². The zero-order valence-corrected chi connectivity index (χ0v) is 12.7. The van der Waals surface area contributed by atoms with E-state index >= 15 is 0 Å². The molecule has 116 valence electrons. The molecule has 3 atom stereocenters. The van der Waals surface area contributed by atoms with Gasteiger partial charge >= 0.3 is 0 Å². The summed E-state index contributed by atoms with van der Waals surface area (Å²) in [6, 6.07) is 6.12. The molecule has 0 spiro atoms. The van der Waals surface area contributed by atoms with E-state index in [1.807, 2.05) is 0 Å². The normalized spacial score (nSPS) is 24.6. The van der Waals surface area contributed by atoms with Gasteiger partial charge in [0.15, 0.2) is 5.60 Å². The van der Waals surface area contributed by atoms with Gasteiger partial charge in [-0.15, -0.1) is 0 Å². The van der Waals surface area contributed by atoms with Gasteiger partial charge in [-0.2, -0.15) is 0 Å². The van der Waals surface area contributed by atoms with Gasteiger partial charge in [0.05, 0.1) is 12.1 Å². The molecule has 1 N–H and O–H groups in total. The Morgan fingerprint density at radius 2 is 2.05 bits per heavy atom. The summed E-state index contributed by atoms with van der Waals surface area (Å²) in [6.07, 6.45) is 2.80. The smallest absolute Gasteiger partial charge is 0.257 e. The first-order valence-electron chi connectivity index (χ1n) is 7.17. The van der Waals surface area contributed by atoms with Crippen LogP contribution in [-0.2, 0) is 19.9 Å². The molecular weight excluding hydrogens is 273 g/mol. The Balaban J connectivity index is 2.20. The molecule has 5 heteroatoms. The van der Waals surface area contributed by atoms with E-state index in [2.05, 4.69) is 5.32 Å². The lowest BCUT2D eigenvalue weighted by atomic mass is 9.93. The first kappa shape index (κ1) is 15.9. The molecule has 2 rings (SSSR count). The lowest BCUT2D eigenvalue weighted by molar-refractivity contribution is -0.144. The third kappa shape index (κ3) is 3.09. The van der Waals surface area contributed by atoms with Gasteiger partial charge in [-0.05, 0) is 32.3 Å². The molecule has 21 heavy (non-hydrogen) atoms. The van der Waals surface area contributed by atoms with Crippen molar-refractivity contribution in [2.75, 3.05) is 14.2 Å². The second-order valence-electron chi connectivity index (χ2n) is 5.50. The van der Waals surface area contributed by atoms with Gasteiger partial charge in [0, 0.05) is 19.8 Å². The van der Waals surface area contributed by atoms with E-state index < -0.39 is 11.4 Å². The lowest BCUT2D eigenvalue weighted by Crippen LogP contribution is -2.50. The Morgan fingerprint density at radius 1 is 1.33 bits per heavy atom. The van der Waals surface area contributed by atoms with Gasteiger partial charge in [-0.25, -0.2) is 4.39 Å². The van der Waals surface area contributed by atoms with Crippen LogP contribution < -0.4 is 5.32 Å². The first-order valence-corrected chi connectivity index (χ1v) is 7.17. The van der Waals surface area contributed by atoms with Crippen molar-refractivity contribution in [2.45, 2.75) is 43.9 Å². The fourth-order valence-electron chi connectivity index (χ4n) is 2.85. The number of hydrogen-bond acceptors (Lipinski definition) is 3. The van der Waals surface area contributed by atoms with Crippen molar-refractivity contribution < 1.29 is 18.7 Å². The molecule has 1 aliphatic rings. The van der Waals surface area contributed by atoms with E-state index in [9.17, 15) is 9.18 Å². The van der Waals surface area contributed by atoms with Gasteiger partial charge in [-0.3, -0.25) is 4.79 Å². The molecule has 1 amide bonds. The van der Waals surface area contributed by atoms with Crippen LogP contribution in [-0.4, -0.2) is 32.3 Å². The molecule has 1 fully saturated rings. The number of halogens is 1. The molecule has 0 saturated heterocycles. The number of rotatable bonds is 5. The standard InChI is InChI=1S/C16H22FNO3/c1-16(21-3,11-7-4-5-8-12(11)17)15(19)18-13-9-6-10-14(13)20-2/h4-5,7-8,13-14H,6,9-10H2,1-3H3,(H,18,19)/t13-,14-,16-/m1/s1. The molecule has 1 aliphatic carbocycles. The Labute approximate surface area is 124 Å². The van der Waals surface area contributed by atoms with E-state index in [0.29, 0.717) is 0 Å². The summed E-state index contributed by atoms with van der Waals surface area (Å²) in [4.78, 5) is 12.6. The molecule has 1 aromatic rings. The summed E-state index contributed by atoms with van der Waals surface area (Å²) in [5, 5.41) is 2.94. The Bertz CT molecular complexity index is 508. The molecule has 1 saturated carbocycles. The van der Waals surface area contributed by atoms with E-state index in [4.69, 9.17) is 9.47 Å². The van der Waals surface area contributed by atoms with Crippen LogP contribution in [0.25, 0.3) is 0 Å². The Hall–Kier alpha value is -1.46. The fraction of sp³-hybridized carbons (Fsp3) is 0.562. The fourth-order valence-corrected chi connectivity index (χ4v) is 2.85. The van der Waals surface area contributed by atoms with Crippen molar-refractivity contribution in [1.82, 2.24) is 5.32 Å². The van der Waals surface area contributed by atoms with Crippen LogP contribution in [0.2, 0.25) is 0 Å². The van der Waals surface area contributed by atoms with Gasteiger partial charge in [0.1, 0.15) is 5.82 Å². The molecule has 0 aliphatic heterocycles. The predicted molar refractivity (Wildman–Crippen MR) is 77.3 cm³/mol. The number of hydrogen-bond donors (Lipinski definition) is 1. The van der Waals surface area contributed by atoms with Crippen LogP contribution in [0.5, 0.6) is 0 Å². The average Bonchev–Trinajstić information content (AvgIpc) is 2.94. The van der Waals surface area contributed by atoms with Gasteiger partial charge < -0.3 is 14.8 Å². The molecule has 0 bridgehead atoms. The van der Waals surface area contributed by atoms with E-state index in [0.717, 1.165) is 19.3 Å². The second kappa shape index (κ2) is 6.54. The van der Waals surface area contributed by atoms with Gasteiger partial charge in [-0.1, -0.05) is 18.2 Å². The van der Waals surface area contributed by atoms with Gasteiger partial charge in [0.2, 0.25) is 0 Å². The molecule has 0 unspecified atom stereocenters. The maximum atomic E-state index is 14.0. The lowest BCUT2D eigenvalue weighted by Gasteiger charge is -2.30. The molecule has 0 radical (unpaired) electrons. The zero-order valence-electron chi connectivity index (χ0n) is 12.7. The summed E-state index contributed by atoms with van der Waals surface area (Å²) in [5.74, 6) is -0.796. The SMILES string of the molecule is CO[C@@H]1CCC[C@H]1NC(=O)[C@](C)(OC)c1ccccc1F. The zero-order chi connectivity index (χ0) is 15.5. The summed E-state index contributed by atoms with van der Waals surface area (Å²) in [7, 11) is 3.05. The second-order valence-corrected chi connectivity index (χ2v) is 5.50. The number of nitrogens with one attached hydrogen (secondary N) is 1. The highest BCUT2D eigenvalue weighted by molar-refractivity contribution is 5.86. The van der Waals surface area contributed by atoms with E-state index in [1.165, 1.54) is 13.2 Å². The highest BCUT2D eigenvalue weighted by atomic mass is 19.1. The number of amides is 1. The van der Waals surface area contributed by atoms with Crippen molar-refractivity contribution in [1.29, 1.82) is 0 Å². The summed E-state index contributed by atoms with van der Waals surface area (Å²) in [5.41, 5.74) is -1.12. The molecule has 0 heterocycles. The van der Waals surface area contributed by atoms with Crippen molar-refractivity contribution in [2.24, 2.45) is 0 Å². The Morgan fingerprint density at radius 3 is 2.67 bits per heavy atom. The van der Waals surface area contributed by atoms with Crippen LogP contribution in [0, 0.1) is 5.82 Å². The predicted octanol–water partition coefficient (Wildman–Crippen LogP) is 2.37. The summed E-state index contributed by atoms with van der Waals surface area (Å²) in [6.45, 7) is 1.58. The third-order valence-corrected chi connectivity index (χ3v) is 4.30. The summed E-state index contributed by atoms with van der Waals surface area (Å²) >= 11 is 0. The number of ether oxygens (including phenoxy) is 2. The van der Waals surface area contributed by atoms with Crippen LogP contribution in [0.15, 0.2) is 24.3 Å². The van der Waals surface area contributed by atoms with Crippen molar-refractivity contribution >= 4 is 5.91 Å². The number of carbonyl (C=O) groups is 1. The van der Waals surface area contributed by atoms with Crippen molar-refractivity contribution in [3.8, 4) is 0 Å². The van der Waals surface area contributed by atoms with Crippen LogP contribution in [0.4, 0.5) is 4.39 Å². The van der Waals surface area contributed by atoms with Crippen LogP contribution >= 0.6 is 0 Å².